The third-order valence-electron chi connectivity index (χ3n) is 2.29. The molecule has 1 rings (SSSR count). The van der Waals surface area contributed by atoms with E-state index in [1.165, 1.54) is 0 Å². The molecule has 60 valence electrons. The zero-order valence-electron chi connectivity index (χ0n) is 7.58. The second-order valence-corrected chi connectivity index (χ2v) is 3.22. The molecule has 1 fully saturated rings. The van der Waals surface area contributed by atoms with Crippen LogP contribution in [0.2, 0.25) is 0 Å². The molecule has 2 nitrogen and oxygen atoms in total. The summed E-state index contributed by atoms with van der Waals surface area (Å²) in [5, 5.41) is 9.17. The first-order valence-corrected chi connectivity index (χ1v) is 3.91. The maximum absolute atomic E-state index is 9.17. The van der Waals surface area contributed by atoms with Crippen molar-refractivity contribution in [3.8, 4) is 0 Å². The fraction of sp³-hybridized carbons (Fsp3) is 0.875. The molecule has 0 saturated heterocycles. The van der Waals surface area contributed by atoms with Crippen LogP contribution in [0.5, 0.6) is 0 Å². The molecule has 0 aromatic carbocycles. The van der Waals surface area contributed by atoms with E-state index in [0.717, 1.165) is 25.7 Å². The first-order chi connectivity index (χ1) is 4.70. The van der Waals surface area contributed by atoms with E-state index in [1.54, 1.807) is 0 Å². The predicted octanol–water partition coefficient (Wildman–Crippen LogP) is -1.98. The molecule has 0 aromatic heterocycles. The van der Waals surface area contributed by atoms with Gasteiger partial charge in [-0.2, -0.15) is 0 Å². The van der Waals surface area contributed by atoms with Gasteiger partial charge in [-0.25, -0.2) is 0 Å². The van der Waals surface area contributed by atoms with Gasteiger partial charge in [0.25, 0.3) is 0 Å². The van der Waals surface area contributed by atoms with Crippen molar-refractivity contribution in [3.63, 3.8) is 0 Å². The zero-order chi connectivity index (χ0) is 7.56. The minimum Gasteiger partial charge on any atom is -0.459 e. The van der Waals surface area contributed by atoms with Crippen LogP contribution in [0.25, 0.3) is 0 Å². The van der Waals surface area contributed by atoms with Gasteiger partial charge < -0.3 is 10.0 Å². The summed E-state index contributed by atoms with van der Waals surface area (Å²) in [6.45, 7) is 0. The van der Waals surface area contributed by atoms with E-state index in [2.05, 4.69) is 7.05 Å². The Morgan fingerprint density at radius 1 is 1.27 bits per heavy atom. The molecule has 0 aromatic rings. The Morgan fingerprint density at radius 2 is 1.73 bits per heavy atom. The van der Waals surface area contributed by atoms with Crippen molar-refractivity contribution in [1.29, 1.82) is 0 Å². The minimum absolute atomic E-state index is 0. The summed E-state index contributed by atoms with van der Waals surface area (Å²) in [5.74, 6) is 0. The summed E-state index contributed by atoms with van der Waals surface area (Å²) in [7, 11) is 5.84. The molecule has 1 aliphatic carbocycles. The van der Waals surface area contributed by atoms with Crippen LogP contribution < -0.4 is 51.4 Å². The summed E-state index contributed by atoms with van der Waals surface area (Å²) >= 11 is 0. The molecule has 0 unspecified atom stereocenters. The van der Waals surface area contributed by atoms with E-state index in [4.69, 9.17) is 5.11 Å². The van der Waals surface area contributed by atoms with Crippen molar-refractivity contribution in [1.82, 2.24) is 4.90 Å². The van der Waals surface area contributed by atoms with Gasteiger partial charge in [0.2, 0.25) is 0 Å². The molecule has 0 spiro atoms. The Hall–Kier alpha value is 1.56. The van der Waals surface area contributed by atoms with E-state index in [1.807, 2.05) is 11.9 Å². The quantitative estimate of drug-likeness (QED) is 0.374. The molecule has 0 aliphatic heterocycles. The first-order valence-electron chi connectivity index (χ1n) is 3.91. The fourth-order valence-electron chi connectivity index (χ4n) is 1.50. The van der Waals surface area contributed by atoms with E-state index >= 15 is 0 Å². The van der Waals surface area contributed by atoms with Gasteiger partial charge in [-0.05, 0) is 38.8 Å². The smallest absolute Gasteiger partial charge is 0.459 e. The van der Waals surface area contributed by atoms with Crippen molar-refractivity contribution < 1.29 is 56.5 Å². The van der Waals surface area contributed by atoms with Crippen LogP contribution in [0.1, 0.15) is 25.7 Å². The van der Waals surface area contributed by atoms with E-state index in [-0.39, 0.29) is 57.5 Å². The average Bonchev–Trinajstić information content (AvgIpc) is 1.88. The van der Waals surface area contributed by atoms with Gasteiger partial charge in [0, 0.05) is 0 Å². The van der Waals surface area contributed by atoms with Crippen molar-refractivity contribution in [2.24, 2.45) is 0 Å². The maximum atomic E-state index is 9.17. The molecule has 1 saturated carbocycles. The Bertz CT molecular complexity index is 100. The van der Waals surface area contributed by atoms with Crippen LogP contribution in [0, 0.1) is 7.05 Å². The number of rotatable bonds is 1. The van der Waals surface area contributed by atoms with Gasteiger partial charge in [0.1, 0.15) is 0 Å². The number of nitrogens with zero attached hydrogens (tertiary/aromatic N) is 1. The number of aliphatic hydroxyl groups is 1. The first kappa shape index (κ1) is 12.6. The van der Waals surface area contributed by atoms with Crippen LogP contribution in [-0.4, -0.2) is 29.2 Å². The molecule has 3 heteroatoms. The van der Waals surface area contributed by atoms with Crippen molar-refractivity contribution in [3.05, 3.63) is 7.05 Å². The van der Waals surface area contributed by atoms with Gasteiger partial charge >= 0.3 is 51.4 Å². The molecular formula is C8H16KNO. The van der Waals surface area contributed by atoms with Crippen LogP contribution >= 0.6 is 0 Å². The van der Waals surface area contributed by atoms with Gasteiger partial charge in [0.15, 0.2) is 0 Å². The number of hydrogen-bond donors (Lipinski definition) is 1. The van der Waals surface area contributed by atoms with Gasteiger partial charge in [-0.3, -0.25) is 7.05 Å². The van der Waals surface area contributed by atoms with Gasteiger partial charge in [0.05, 0.1) is 6.10 Å². The molecular weight excluding hydrogens is 165 g/mol. The summed E-state index contributed by atoms with van der Waals surface area (Å²) in [6.07, 6.45) is 4.05. The largest absolute Gasteiger partial charge is 1.00 e. The third-order valence-corrected chi connectivity index (χ3v) is 2.29. The summed E-state index contributed by atoms with van der Waals surface area (Å²) in [6, 6.07) is 0.600. The van der Waals surface area contributed by atoms with Crippen LogP contribution in [0.4, 0.5) is 0 Å². The normalized spacial score (nSPS) is 31.6. The van der Waals surface area contributed by atoms with Crippen molar-refractivity contribution >= 4 is 0 Å². The number of aliphatic hydroxyl groups excluding tert-OH is 1. The van der Waals surface area contributed by atoms with Gasteiger partial charge in [-0.1, -0.05) is 0 Å². The van der Waals surface area contributed by atoms with Gasteiger partial charge in [-0.15, -0.1) is 0 Å². The maximum Gasteiger partial charge on any atom is 1.00 e. The standard InChI is InChI=1S/C8H16NO.K/c1-9(2)7-3-5-8(10)6-4-7;/h7-8,10H,1,3-6H2,2H3;/q-1;+1. The van der Waals surface area contributed by atoms with Crippen molar-refractivity contribution in [2.45, 2.75) is 37.8 Å². The van der Waals surface area contributed by atoms with Crippen molar-refractivity contribution in [2.75, 3.05) is 7.05 Å². The second kappa shape index (κ2) is 6.08. The Balaban J connectivity index is 0.000001000. The summed E-state index contributed by atoms with van der Waals surface area (Å²) < 4.78 is 0. The fourth-order valence-corrected chi connectivity index (χ4v) is 1.50. The van der Waals surface area contributed by atoms with E-state index in [0.29, 0.717) is 6.04 Å². The topological polar surface area (TPSA) is 23.5 Å². The van der Waals surface area contributed by atoms with E-state index in [9.17, 15) is 0 Å². The molecule has 0 heterocycles. The summed E-state index contributed by atoms with van der Waals surface area (Å²) in [4.78, 5) is 2.01. The van der Waals surface area contributed by atoms with Crippen LogP contribution in [-0.2, 0) is 0 Å². The molecule has 11 heavy (non-hydrogen) atoms. The Labute approximate surface area is 112 Å². The third kappa shape index (κ3) is 4.36. The molecule has 0 atom stereocenters. The molecule has 1 aliphatic rings. The van der Waals surface area contributed by atoms with Crippen LogP contribution in [0.3, 0.4) is 0 Å². The Morgan fingerprint density at radius 3 is 2.09 bits per heavy atom. The summed E-state index contributed by atoms with van der Waals surface area (Å²) in [5.41, 5.74) is 0. The molecule has 0 radical (unpaired) electrons. The molecule has 0 amide bonds. The SMILES string of the molecule is [CH2-]N(C)C1CCC(O)CC1.[K+]. The van der Waals surface area contributed by atoms with E-state index < -0.39 is 0 Å². The molecule has 0 bridgehead atoms. The minimum atomic E-state index is -0.0452. The van der Waals surface area contributed by atoms with Crippen LogP contribution in [0.15, 0.2) is 0 Å². The monoisotopic (exact) mass is 181 g/mol. The average molecular weight is 181 g/mol. The number of hydrogen-bond acceptors (Lipinski definition) is 2. The predicted molar refractivity (Wildman–Crippen MR) is 41.4 cm³/mol. The molecule has 1 N–H and O–H groups in total. The Kier molecular flexibility index (Phi) is 6.94. The zero-order valence-corrected chi connectivity index (χ0v) is 10.7. The second-order valence-electron chi connectivity index (χ2n) is 3.22.